The van der Waals surface area contributed by atoms with Crippen molar-refractivity contribution in [3.8, 4) is 0 Å². The monoisotopic (exact) mass is 453 g/mol. The van der Waals surface area contributed by atoms with Crippen molar-refractivity contribution in [3.63, 3.8) is 0 Å². The van der Waals surface area contributed by atoms with Crippen LogP contribution in [-0.4, -0.2) is 54.6 Å². The molecule has 2 amide bonds. The summed E-state index contributed by atoms with van der Waals surface area (Å²) in [7, 11) is 0. The summed E-state index contributed by atoms with van der Waals surface area (Å²) < 4.78 is 6.70. The molecule has 1 heterocycles. The zero-order chi connectivity index (χ0) is 20.8. The Bertz CT molecular complexity index is 685. The predicted molar refractivity (Wildman–Crippen MR) is 115 cm³/mol. The number of nitrogens with zero attached hydrogens (tertiary/aromatic N) is 1. The minimum atomic E-state index is -0.218. The van der Waals surface area contributed by atoms with E-state index in [0.717, 1.165) is 28.8 Å². The average molecular weight is 454 g/mol. The molecule has 0 radical (unpaired) electrons. The number of aryl methyl sites for hydroxylation is 1. The molecule has 3 atom stereocenters. The highest BCUT2D eigenvalue weighted by Gasteiger charge is 2.33. The molecule has 1 aromatic carbocycles. The number of ether oxygens (including phenoxy) is 1. The second-order valence-electron chi connectivity index (χ2n) is 7.95. The Morgan fingerprint density at radius 1 is 1.25 bits per heavy atom. The van der Waals surface area contributed by atoms with Gasteiger partial charge in [0, 0.05) is 36.2 Å². The molecule has 7 heteroatoms. The van der Waals surface area contributed by atoms with Crippen LogP contribution in [0.5, 0.6) is 0 Å². The standard InChI is InChI=1S/C21H32BrN3O3/c1-13(2)20(25-11-15(4)28-16(5)12-25)21(27)23-9-8-19(26)24-18-10-17(22)7-6-14(18)3/h6-7,10,13,15-16,20H,8-9,11-12H2,1-5H3,(H,23,27)(H,24,26). The van der Waals surface area contributed by atoms with Gasteiger partial charge in [-0.05, 0) is 44.4 Å². The first-order valence-electron chi connectivity index (χ1n) is 9.90. The van der Waals surface area contributed by atoms with Crippen LogP contribution in [0.4, 0.5) is 5.69 Å². The highest BCUT2D eigenvalue weighted by Crippen LogP contribution is 2.21. The van der Waals surface area contributed by atoms with Gasteiger partial charge in [-0.2, -0.15) is 0 Å². The molecule has 6 nitrogen and oxygen atoms in total. The Morgan fingerprint density at radius 3 is 2.50 bits per heavy atom. The summed E-state index contributed by atoms with van der Waals surface area (Å²) in [5, 5.41) is 5.85. The van der Waals surface area contributed by atoms with E-state index in [1.807, 2.05) is 39.0 Å². The van der Waals surface area contributed by atoms with Crippen molar-refractivity contribution in [3.05, 3.63) is 28.2 Å². The Hall–Kier alpha value is -1.44. The molecule has 1 aliphatic heterocycles. The van der Waals surface area contributed by atoms with Gasteiger partial charge in [0.15, 0.2) is 0 Å². The van der Waals surface area contributed by atoms with Crippen LogP contribution in [0.3, 0.4) is 0 Å². The number of carbonyl (C=O) groups excluding carboxylic acids is 2. The minimum absolute atomic E-state index is 0.0252. The van der Waals surface area contributed by atoms with Crippen molar-refractivity contribution in [2.75, 3.05) is 25.0 Å². The molecule has 0 bridgehead atoms. The van der Waals surface area contributed by atoms with Crippen molar-refractivity contribution in [1.29, 1.82) is 0 Å². The van der Waals surface area contributed by atoms with Crippen molar-refractivity contribution in [2.45, 2.75) is 59.3 Å². The maximum absolute atomic E-state index is 12.8. The first-order valence-corrected chi connectivity index (χ1v) is 10.7. The number of morpholine rings is 1. The first kappa shape index (κ1) is 22.8. The summed E-state index contributed by atoms with van der Waals surface area (Å²) >= 11 is 3.41. The van der Waals surface area contributed by atoms with Crippen LogP contribution in [0, 0.1) is 12.8 Å². The topological polar surface area (TPSA) is 70.7 Å². The lowest BCUT2D eigenvalue weighted by Gasteiger charge is -2.41. The van der Waals surface area contributed by atoms with Gasteiger partial charge in [-0.15, -0.1) is 0 Å². The third-order valence-corrected chi connectivity index (χ3v) is 5.36. The molecule has 2 rings (SSSR count). The van der Waals surface area contributed by atoms with Crippen LogP contribution in [0.25, 0.3) is 0 Å². The molecule has 1 aliphatic rings. The van der Waals surface area contributed by atoms with E-state index in [1.165, 1.54) is 0 Å². The number of amides is 2. The van der Waals surface area contributed by atoms with Gasteiger partial charge in [-0.25, -0.2) is 0 Å². The quantitative estimate of drug-likeness (QED) is 0.663. The summed E-state index contributed by atoms with van der Waals surface area (Å²) in [6.07, 6.45) is 0.451. The summed E-state index contributed by atoms with van der Waals surface area (Å²) in [5.74, 6) is 0.0367. The van der Waals surface area contributed by atoms with Crippen LogP contribution in [0.15, 0.2) is 22.7 Å². The van der Waals surface area contributed by atoms with E-state index >= 15 is 0 Å². The van der Waals surface area contributed by atoms with Crippen molar-refractivity contribution < 1.29 is 14.3 Å². The molecule has 0 saturated carbocycles. The molecule has 3 unspecified atom stereocenters. The van der Waals surface area contributed by atoms with E-state index in [4.69, 9.17) is 4.74 Å². The van der Waals surface area contributed by atoms with E-state index in [0.29, 0.717) is 6.54 Å². The number of nitrogens with one attached hydrogen (secondary N) is 2. The minimum Gasteiger partial charge on any atom is -0.373 e. The SMILES string of the molecule is Cc1ccc(Br)cc1NC(=O)CCNC(=O)C(C(C)C)N1CC(C)OC(C)C1. The second-order valence-corrected chi connectivity index (χ2v) is 8.86. The average Bonchev–Trinajstić information content (AvgIpc) is 2.57. The number of halogens is 1. The number of benzene rings is 1. The van der Waals surface area contributed by atoms with Gasteiger partial charge in [0.1, 0.15) is 0 Å². The molecule has 156 valence electrons. The largest absolute Gasteiger partial charge is 0.373 e. The molecule has 28 heavy (non-hydrogen) atoms. The highest BCUT2D eigenvalue weighted by molar-refractivity contribution is 9.10. The summed E-state index contributed by atoms with van der Waals surface area (Å²) in [6.45, 7) is 11.9. The molecule has 2 N–H and O–H groups in total. The fourth-order valence-electron chi connectivity index (χ4n) is 3.68. The van der Waals surface area contributed by atoms with Crippen LogP contribution >= 0.6 is 15.9 Å². The maximum atomic E-state index is 12.8. The van der Waals surface area contributed by atoms with Crippen molar-refractivity contribution in [2.24, 2.45) is 5.92 Å². The van der Waals surface area contributed by atoms with Crippen LogP contribution in [0.1, 0.15) is 39.7 Å². The molecule has 0 aliphatic carbocycles. The smallest absolute Gasteiger partial charge is 0.237 e. The van der Waals surface area contributed by atoms with Gasteiger partial charge in [-0.1, -0.05) is 35.8 Å². The number of carbonyl (C=O) groups is 2. The van der Waals surface area contributed by atoms with Gasteiger partial charge in [-0.3, -0.25) is 14.5 Å². The number of rotatable bonds is 7. The third kappa shape index (κ3) is 6.57. The van der Waals surface area contributed by atoms with Crippen molar-refractivity contribution >= 4 is 33.4 Å². The van der Waals surface area contributed by atoms with Crippen molar-refractivity contribution in [1.82, 2.24) is 10.2 Å². The normalized spacial score (nSPS) is 21.4. The summed E-state index contributed by atoms with van der Waals surface area (Å²) in [5.41, 5.74) is 1.78. The van der Waals surface area contributed by atoms with E-state index in [9.17, 15) is 9.59 Å². The van der Waals surface area contributed by atoms with Gasteiger partial charge in [0.2, 0.25) is 11.8 Å². The highest BCUT2D eigenvalue weighted by atomic mass is 79.9. The fourth-order valence-corrected chi connectivity index (χ4v) is 4.04. The van der Waals surface area contributed by atoms with E-state index in [-0.39, 0.29) is 42.4 Å². The van der Waals surface area contributed by atoms with Gasteiger partial charge in [0.05, 0.1) is 18.2 Å². The zero-order valence-electron chi connectivity index (χ0n) is 17.4. The van der Waals surface area contributed by atoms with Gasteiger partial charge in [0.25, 0.3) is 0 Å². The number of hydrogen-bond acceptors (Lipinski definition) is 4. The Morgan fingerprint density at radius 2 is 1.89 bits per heavy atom. The second kappa shape index (κ2) is 10.4. The first-order chi connectivity index (χ1) is 13.2. The lowest BCUT2D eigenvalue weighted by molar-refractivity contribution is -0.135. The lowest BCUT2D eigenvalue weighted by Crippen LogP contribution is -2.57. The summed E-state index contributed by atoms with van der Waals surface area (Å²) in [4.78, 5) is 27.2. The molecule has 0 spiro atoms. The molecule has 1 fully saturated rings. The zero-order valence-corrected chi connectivity index (χ0v) is 19.0. The molecule has 1 aromatic rings. The Balaban J connectivity index is 1.87. The fraction of sp³-hybridized carbons (Fsp3) is 0.619. The Kier molecular flexibility index (Phi) is 8.46. The van der Waals surface area contributed by atoms with Gasteiger partial charge < -0.3 is 15.4 Å². The van der Waals surface area contributed by atoms with Crippen LogP contribution < -0.4 is 10.6 Å². The van der Waals surface area contributed by atoms with Crippen LogP contribution in [0.2, 0.25) is 0 Å². The third-order valence-electron chi connectivity index (χ3n) is 4.87. The predicted octanol–water partition coefficient (Wildman–Crippen LogP) is 3.34. The summed E-state index contributed by atoms with van der Waals surface area (Å²) in [6, 6.07) is 5.54. The molecule has 1 saturated heterocycles. The Labute approximate surface area is 176 Å². The van der Waals surface area contributed by atoms with Crippen LogP contribution in [-0.2, 0) is 14.3 Å². The van der Waals surface area contributed by atoms with E-state index < -0.39 is 0 Å². The van der Waals surface area contributed by atoms with E-state index in [1.54, 1.807) is 0 Å². The maximum Gasteiger partial charge on any atom is 0.237 e. The molecular formula is C21H32BrN3O3. The lowest BCUT2D eigenvalue weighted by atomic mass is 9.99. The molecule has 0 aromatic heterocycles. The van der Waals surface area contributed by atoms with Gasteiger partial charge >= 0.3 is 0 Å². The number of hydrogen-bond donors (Lipinski definition) is 2. The molecular weight excluding hydrogens is 422 g/mol. The number of anilines is 1. The van der Waals surface area contributed by atoms with E-state index in [2.05, 4.69) is 45.3 Å².